The van der Waals surface area contributed by atoms with Crippen LogP contribution in [-0.4, -0.2) is 24.9 Å². The van der Waals surface area contributed by atoms with Gasteiger partial charge >= 0.3 is 6.09 Å². The number of nitrogens with zero attached hydrogens (tertiary/aromatic N) is 1. The van der Waals surface area contributed by atoms with Crippen molar-refractivity contribution in [2.75, 3.05) is 0 Å². The Labute approximate surface area is 186 Å². The number of ether oxygens (including phenoxy) is 1. The van der Waals surface area contributed by atoms with Gasteiger partial charge in [0, 0.05) is 5.02 Å². The maximum Gasteiger partial charge on any atom is 0.425 e. The van der Waals surface area contributed by atoms with Gasteiger partial charge in [0.2, 0.25) is 0 Å². The van der Waals surface area contributed by atoms with Crippen molar-refractivity contribution < 1.29 is 17.9 Å². The van der Waals surface area contributed by atoms with Crippen molar-refractivity contribution in [3.05, 3.63) is 107 Å². The minimum atomic E-state index is -4.12. The summed E-state index contributed by atoms with van der Waals surface area (Å²) in [5.41, 5.74) is 2.44. The lowest BCUT2D eigenvalue weighted by Crippen LogP contribution is -2.35. The molecule has 2 atom stereocenters. The van der Waals surface area contributed by atoms with Gasteiger partial charge in [0.15, 0.2) is 0 Å². The molecule has 1 fully saturated rings. The summed E-state index contributed by atoms with van der Waals surface area (Å²) in [4.78, 5) is 12.8. The van der Waals surface area contributed by atoms with Gasteiger partial charge in [-0.15, -0.1) is 0 Å². The number of hydrogen-bond acceptors (Lipinski definition) is 4. The Kier molecular flexibility index (Phi) is 5.85. The van der Waals surface area contributed by atoms with Gasteiger partial charge in [0.1, 0.15) is 12.1 Å². The minimum absolute atomic E-state index is 0.0401. The monoisotopic (exact) mass is 453 g/mol. The molecule has 0 bridgehead atoms. The van der Waals surface area contributed by atoms with E-state index >= 15 is 0 Å². The van der Waals surface area contributed by atoms with E-state index in [1.54, 1.807) is 60.7 Å². The molecule has 3 aromatic carbocycles. The molecule has 158 valence electrons. The molecule has 1 amide bonds. The Morgan fingerprint density at radius 3 is 2.23 bits per heavy atom. The van der Waals surface area contributed by atoms with E-state index in [0.29, 0.717) is 10.6 Å². The highest BCUT2D eigenvalue weighted by molar-refractivity contribution is 7.89. The van der Waals surface area contributed by atoms with Crippen LogP contribution in [0.1, 0.15) is 22.7 Å². The number of sulfonamides is 1. The molecule has 3 aromatic rings. The zero-order valence-corrected chi connectivity index (χ0v) is 18.3. The summed E-state index contributed by atoms with van der Waals surface area (Å²) in [6.07, 6.45) is 1.79. The molecule has 0 aliphatic carbocycles. The molecule has 31 heavy (non-hydrogen) atoms. The van der Waals surface area contributed by atoms with Crippen LogP contribution < -0.4 is 0 Å². The molecule has 1 saturated heterocycles. The second kappa shape index (κ2) is 8.57. The minimum Gasteiger partial charge on any atom is -0.438 e. The molecular formula is C24H20ClNO4S. The second-order valence-electron chi connectivity index (χ2n) is 7.23. The second-order valence-corrected chi connectivity index (χ2v) is 9.48. The third-order valence-electron chi connectivity index (χ3n) is 5.05. The van der Waals surface area contributed by atoms with Gasteiger partial charge in [-0.2, -0.15) is 4.31 Å². The first kappa shape index (κ1) is 21.2. The number of rotatable bonds is 5. The molecule has 5 nitrogen and oxygen atoms in total. The summed E-state index contributed by atoms with van der Waals surface area (Å²) in [6.45, 7) is 1.87. The van der Waals surface area contributed by atoms with Crippen LogP contribution >= 0.6 is 11.6 Å². The van der Waals surface area contributed by atoms with Gasteiger partial charge in [0.05, 0.1) is 4.90 Å². The summed E-state index contributed by atoms with van der Waals surface area (Å²) < 4.78 is 33.1. The summed E-state index contributed by atoms with van der Waals surface area (Å²) >= 11 is 5.93. The van der Waals surface area contributed by atoms with Gasteiger partial charge in [0.25, 0.3) is 10.0 Å². The van der Waals surface area contributed by atoms with Crippen LogP contribution in [-0.2, 0) is 14.8 Å². The summed E-state index contributed by atoms with van der Waals surface area (Å²) in [5, 5.41) is 0.613. The van der Waals surface area contributed by atoms with Crippen LogP contribution in [0, 0.1) is 6.92 Å². The Bertz CT molecular complexity index is 1210. The largest absolute Gasteiger partial charge is 0.438 e. The van der Waals surface area contributed by atoms with E-state index in [-0.39, 0.29) is 4.90 Å². The molecule has 4 rings (SSSR count). The highest BCUT2D eigenvalue weighted by Gasteiger charge is 2.48. The fraction of sp³-hybridized carbons (Fsp3) is 0.125. The average molecular weight is 454 g/mol. The van der Waals surface area contributed by atoms with Crippen molar-refractivity contribution in [2.24, 2.45) is 0 Å². The highest BCUT2D eigenvalue weighted by Crippen LogP contribution is 2.38. The van der Waals surface area contributed by atoms with Crippen LogP contribution in [0.15, 0.2) is 89.8 Å². The molecular weight excluding hydrogens is 434 g/mol. The number of aryl methyl sites for hydroxylation is 1. The van der Waals surface area contributed by atoms with Gasteiger partial charge in [-0.1, -0.05) is 77.8 Å². The fourth-order valence-corrected chi connectivity index (χ4v) is 5.06. The highest BCUT2D eigenvalue weighted by atomic mass is 35.5. The maximum atomic E-state index is 13.4. The van der Waals surface area contributed by atoms with E-state index in [1.807, 2.05) is 25.1 Å². The maximum absolute atomic E-state index is 13.4. The zero-order chi connectivity index (χ0) is 22.0. The summed E-state index contributed by atoms with van der Waals surface area (Å²) in [6, 6.07) is 21.7. The van der Waals surface area contributed by atoms with E-state index in [2.05, 4.69) is 0 Å². The van der Waals surface area contributed by atoms with Crippen LogP contribution in [0.2, 0.25) is 5.02 Å². The van der Waals surface area contributed by atoms with E-state index in [0.717, 1.165) is 15.4 Å². The summed E-state index contributed by atoms with van der Waals surface area (Å²) in [5.74, 6) is 0. The Morgan fingerprint density at radius 2 is 1.58 bits per heavy atom. The molecule has 0 unspecified atom stereocenters. The van der Waals surface area contributed by atoms with Crippen molar-refractivity contribution in [1.29, 1.82) is 0 Å². The molecule has 7 heteroatoms. The molecule has 1 aliphatic rings. The van der Waals surface area contributed by atoms with Crippen molar-refractivity contribution in [2.45, 2.75) is 24.0 Å². The van der Waals surface area contributed by atoms with Crippen LogP contribution in [0.3, 0.4) is 0 Å². The molecule has 1 heterocycles. The van der Waals surface area contributed by atoms with E-state index in [4.69, 9.17) is 16.3 Å². The number of hydrogen-bond donors (Lipinski definition) is 0. The predicted molar refractivity (Wildman–Crippen MR) is 120 cm³/mol. The standard InChI is InChI=1S/C24H20ClNO4S/c1-17-7-14-21(15-8-17)31(28,29)26-23(19-5-3-2-4-6-19)22(30-24(26)27)16-11-18-9-12-20(25)13-10-18/h2-16,22-23H,1H3/b16-11+/t22-,23-/m1/s1. The molecule has 0 N–H and O–H groups in total. The number of benzene rings is 3. The number of halogens is 1. The number of amides is 1. The van der Waals surface area contributed by atoms with E-state index < -0.39 is 28.3 Å². The number of carbonyl (C=O) groups is 1. The Morgan fingerprint density at radius 1 is 0.935 bits per heavy atom. The van der Waals surface area contributed by atoms with Gasteiger partial charge in [-0.3, -0.25) is 0 Å². The molecule has 1 aliphatic heterocycles. The van der Waals surface area contributed by atoms with Crippen LogP contribution in [0.4, 0.5) is 4.79 Å². The SMILES string of the molecule is Cc1ccc(S(=O)(=O)N2C(=O)O[C@H](/C=C/c3ccc(Cl)cc3)[C@H]2c2ccccc2)cc1. The zero-order valence-electron chi connectivity index (χ0n) is 16.7. The predicted octanol–water partition coefficient (Wildman–Crippen LogP) is 5.61. The van der Waals surface area contributed by atoms with Gasteiger partial charge in [-0.25, -0.2) is 13.2 Å². The van der Waals surface area contributed by atoms with Crippen LogP contribution in [0.25, 0.3) is 6.08 Å². The third kappa shape index (κ3) is 4.36. The molecule has 0 aromatic heterocycles. The lowest BCUT2D eigenvalue weighted by Gasteiger charge is -2.23. The first-order chi connectivity index (χ1) is 14.9. The van der Waals surface area contributed by atoms with Crippen molar-refractivity contribution in [3.63, 3.8) is 0 Å². The summed E-state index contributed by atoms with van der Waals surface area (Å²) in [7, 11) is -4.12. The normalized spacial score (nSPS) is 19.0. The molecule has 0 spiro atoms. The topological polar surface area (TPSA) is 63.7 Å². The first-order valence-electron chi connectivity index (χ1n) is 9.67. The van der Waals surface area contributed by atoms with E-state index in [9.17, 15) is 13.2 Å². The quantitative estimate of drug-likeness (QED) is 0.503. The lowest BCUT2D eigenvalue weighted by molar-refractivity contribution is 0.151. The number of cyclic esters (lactones) is 1. The first-order valence-corrected chi connectivity index (χ1v) is 11.5. The fourth-order valence-electron chi connectivity index (χ4n) is 3.45. The van der Waals surface area contributed by atoms with Crippen molar-refractivity contribution in [3.8, 4) is 0 Å². The Balaban J connectivity index is 1.75. The molecule has 0 saturated carbocycles. The van der Waals surface area contributed by atoms with Crippen molar-refractivity contribution >= 4 is 33.8 Å². The lowest BCUT2D eigenvalue weighted by atomic mass is 10.0. The van der Waals surface area contributed by atoms with Gasteiger partial charge in [-0.05, 0) is 48.4 Å². The smallest absolute Gasteiger partial charge is 0.425 e. The number of carbonyl (C=O) groups excluding carboxylic acids is 1. The Hall–Kier alpha value is -3.09. The van der Waals surface area contributed by atoms with Gasteiger partial charge < -0.3 is 4.74 Å². The molecule has 0 radical (unpaired) electrons. The average Bonchev–Trinajstić information content (AvgIpc) is 3.11. The van der Waals surface area contributed by atoms with E-state index in [1.165, 1.54) is 12.1 Å². The van der Waals surface area contributed by atoms with Crippen LogP contribution in [0.5, 0.6) is 0 Å². The third-order valence-corrected chi connectivity index (χ3v) is 7.06. The van der Waals surface area contributed by atoms with Crippen molar-refractivity contribution in [1.82, 2.24) is 4.31 Å².